The van der Waals surface area contributed by atoms with E-state index in [2.05, 4.69) is 12.2 Å². The van der Waals surface area contributed by atoms with Gasteiger partial charge in [-0.1, -0.05) is 6.92 Å². The van der Waals surface area contributed by atoms with Crippen LogP contribution in [-0.2, 0) is 10.0 Å². The van der Waals surface area contributed by atoms with Gasteiger partial charge >= 0.3 is 0 Å². The Morgan fingerprint density at radius 2 is 2.12 bits per heavy atom. The van der Waals surface area contributed by atoms with Gasteiger partial charge in [0.15, 0.2) is 0 Å². The summed E-state index contributed by atoms with van der Waals surface area (Å²) in [6.45, 7) is 6.40. The van der Waals surface area contributed by atoms with E-state index in [1.807, 2.05) is 18.7 Å². The SMILES string of the molecule is CC1SCCN(S(=O)(=O)C2CCCNC2)C1C. The molecule has 2 fully saturated rings. The monoisotopic (exact) mass is 278 g/mol. The van der Waals surface area contributed by atoms with Crippen molar-refractivity contribution in [2.75, 3.05) is 25.4 Å². The largest absolute Gasteiger partial charge is 0.315 e. The van der Waals surface area contributed by atoms with Gasteiger partial charge in [-0.05, 0) is 26.3 Å². The van der Waals surface area contributed by atoms with Crippen LogP contribution in [0.5, 0.6) is 0 Å². The molecule has 0 radical (unpaired) electrons. The van der Waals surface area contributed by atoms with Crippen molar-refractivity contribution >= 4 is 21.8 Å². The topological polar surface area (TPSA) is 49.4 Å². The van der Waals surface area contributed by atoms with Crippen LogP contribution in [0.2, 0.25) is 0 Å². The maximum absolute atomic E-state index is 12.6. The van der Waals surface area contributed by atoms with Crippen molar-refractivity contribution in [3.63, 3.8) is 0 Å². The molecule has 0 spiro atoms. The second kappa shape index (κ2) is 5.47. The van der Waals surface area contributed by atoms with Crippen molar-refractivity contribution in [2.24, 2.45) is 0 Å². The molecule has 0 bridgehead atoms. The number of sulfonamides is 1. The van der Waals surface area contributed by atoms with Crippen LogP contribution in [0.4, 0.5) is 0 Å². The van der Waals surface area contributed by atoms with Crippen LogP contribution < -0.4 is 5.32 Å². The number of rotatable bonds is 2. The van der Waals surface area contributed by atoms with Crippen molar-refractivity contribution in [1.29, 1.82) is 0 Å². The minimum atomic E-state index is -3.11. The molecule has 0 aromatic carbocycles. The van der Waals surface area contributed by atoms with E-state index in [-0.39, 0.29) is 11.3 Å². The molecule has 4 nitrogen and oxygen atoms in total. The highest BCUT2D eigenvalue weighted by Crippen LogP contribution is 2.29. The Morgan fingerprint density at radius 3 is 2.76 bits per heavy atom. The fourth-order valence-corrected chi connectivity index (χ4v) is 5.99. The zero-order valence-electron chi connectivity index (χ0n) is 10.6. The molecule has 3 atom stereocenters. The third-order valence-electron chi connectivity index (χ3n) is 3.83. The molecular weight excluding hydrogens is 256 g/mol. The van der Waals surface area contributed by atoms with E-state index >= 15 is 0 Å². The summed E-state index contributed by atoms with van der Waals surface area (Å²) < 4.78 is 26.9. The molecule has 0 aliphatic carbocycles. The molecule has 6 heteroatoms. The fraction of sp³-hybridized carbons (Fsp3) is 1.00. The molecule has 0 aromatic rings. The van der Waals surface area contributed by atoms with Crippen LogP contribution in [0.25, 0.3) is 0 Å². The van der Waals surface area contributed by atoms with Gasteiger partial charge in [-0.25, -0.2) is 8.42 Å². The first-order valence-corrected chi connectivity index (χ1v) is 8.91. The van der Waals surface area contributed by atoms with E-state index in [1.54, 1.807) is 4.31 Å². The number of thioether (sulfide) groups is 1. The van der Waals surface area contributed by atoms with E-state index in [4.69, 9.17) is 0 Å². The van der Waals surface area contributed by atoms with Gasteiger partial charge in [0, 0.05) is 30.1 Å². The molecule has 0 amide bonds. The van der Waals surface area contributed by atoms with Crippen LogP contribution in [0.1, 0.15) is 26.7 Å². The Balaban J connectivity index is 2.13. The average Bonchev–Trinajstić information content (AvgIpc) is 2.33. The van der Waals surface area contributed by atoms with Crippen LogP contribution in [0.3, 0.4) is 0 Å². The maximum Gasteiger partial charge on any atom is 0.218 e. The quantitative estimate of drug-likeness (QED) is 0.815. The van der Waals surface area contributed by atoms with E-state index in [0.717, 1.165) is 25.1 Å². The van der Waals surface area contributed by atoms with Crippen LogP contribution >= 0.6 is 11.8 Å². The van der Waals surface area contributed by atoms with Crippen molar-refractivity contribution in [3.8, 4) is 0 Å². The highest BCUT2D eigenvalue weighted by atomic mass is 32.2. The summed E-state index contributed by atoms with van der Waals surface area (Å²) in [5.74, 6) is 0.922. The molecule has 0 saturated carbocycles. The van der Waals surface area contributed by atoms with E-state index in [9.17, 15) is 8.42 Å². The first-order chi connectivity index (χ1) is 8.03. The summed E-state index contributed by atoms with van der Waals surface area (Å²) in [5.41, 5.74) is 0. The Kier molecular flexibility index (Phi) is 4.39. The Morgan fingerprint density at radius 1 is 1.35 bits per heavy atom. The normalized spacial score (nSPS) is 36.9. The van der Waals surface area contributed by atoms with Crippen LogP contribution in [0, 0.1) is 0 Å². The van der Waals surface area contributed by atoms with E-state index in [1.165, 1.54) is 0 Å². The molecule has 100 valence electrons. The zero-order valence-corrected chi connectivity index (χ0v) is 12.2. The highest BCUT2D eigenvalue weighted by Gasteiger charge is 2.39. The van der Waals surface area contributed by atoms with Gasteiger partial charge in [-0.3, -0.25) is 0 Å². The molecule has 2 rings (SSSR count). The lowest BCUT2D eigenvalue weighted by Crippen LogP contribution is -2.53. The molecule has 17 heavy (non-hydrogen) atoms. The van der Waals surface area contributed by atoms with Gasteiger partial charge < -0.3 is 5.32 Å². The second-order valence-corrected chi connectivity index (χ2v) is 8.59. The number of hydrogen-bond acceptors (Lipinski definition) is 4. The number of nitrogens with zero attached hydrogens (tertiary/aromatic N) is 1. The lowest BCUT2D eigenvalue weighted by molar-refractivity contribution is 0.330. The first kappa shape index (κ1) is 13.6. The lowest BCUT2D eigenvalue weighted by atomic mass is 10.2. The van der Waals surface area contributed by atoms with Crippen LogP contribution in [-0.4, -0.2) is 54.7 Å². The zero-order chi connectivity index (χ0) is 12.5. The van der Waals surface area contributed by atoms with E-state index in [0.29, 0.717) is 18.3 Å². The Bertz CT molecular complexity index is 352. The van der Waals surface area contributed by atoms with Gasteiger partial charge in [0.25, 0.3) is 0 Å². The highest BCUT2D eigenvalue weighted by molar-refractivity contribution is 8.00. The average molecular weight is 278 g/mol. The third kappa shape index (κ3) is 2.80. The van der Waals surface area contributed by atoms with Gasteiger partial charge in [-0.15, -0.1) is 0 Å². The second-order valence-electron chi connectivity index (χ2n) is 4.94. The van der Waals surface area contributed by atoms with E-state index < -0.39 is 10.0 Å². The van der Waals surface area contributed by atoms with Crippen molar-refractivity contribution in [1.82, 2.24) is 9.62 Å². The molecule has 1 N–H and O–H groups in total. The summed E-state index contributed by atoms with van der Waals surface area (Å²) in [6.07, 6.45) is 1.77. The lowest BCUT2D eigenvalue weighted by Gasteiger charge is -2.39. The third-order valence-corrected chi connectivity index (χ3v) is 7.58. The summed E-state index contributed by atoms with van der Waals surface area (Å²) >= 11 is 1.87. The fourth-order valence-electron chi connectivity index (χ4n) is 2.53. The van der Waals surface area contributed by atoms with Crippen molar-refractivity contribution < 1.29 is 8.42 Å². The molecule has 2 heterocycles. The van der Waals surface area contributed by atoms with Gasteiger partial charge in [0.1, 0.15) is 0 Å². The predicted molar refractivity (Wildman–Crippen MR) is 72.9 cm³/mol. The molecule has 0 aromatic heterocycles. The smallest absolute Gasteiger partial charge is 0.218 e. The summed E-state index contributed by atoms with van der Waals surface area (Å²) in [4.78, 5) is 0. The summed E-state index contributed by atoms with van der Waals surface area (Å²) in [6, 6.07) is 0.126. The van der Waals surface area contributed by atoms with Crippen LogP contribution in [0.15, 0.2) is 0 Å². The van der Waals surface area contributed by atoms with Crippen molar-refractivity contribution in [2.45, 2.75) is 43.2 Å². The molecule has 2 aliphatic heterocycles. The molecule has 2 saturated heterocycles. The van der Waals surface area contributed by atoms with Gasteiger partial charge in [0.2, 0.25) is 10.0 Å². The van der Waals surface area contributed by atoms with Gasteiger partial charge in [-0.2, -0.15) is 16.1 Å². The Labute approximate surface area is 109 Å². The minimum absolute atomic E-state index is 0.126. The summed E-state index contributed by atoms with van der Waals surface area (Å²) in [5, 5.41) is 3.38. The van der Waals surface area contributed by atoms with Crippen molar-refractivity contribution in [3.05, 3.63) is 0 Å². The Hall–Kier alpha value is 0.220. The molecule has 3 unspecified atom stereocenters. The van der Waals surface area contributed by atoms with Gasteiger partial charge in [0.05, 0.1) is 5.25 Å². The first-order valence-electron chi connectivity index (χ1n) is 6.36. The predicted octanol–water partition coefficient (Wildman–Crippen LogP) is 0.894. The number of nitrogens with one attached hydrogen (secondary N) is 1. The minimum Gasteiger partial charge on any atom is -0.315 e. The maximum atomic E-state index is 12.6. The molecular formula is C11H22N2O2S2. The standard InChI is InChI=1S/C11H22N2O2S2/c1-9-10(2)16-7-6-13(9)17(14,15)11-4-3-5-12-8-11/h9-12H,3-8H2,1-2H3. The number of hydrogen-bond donors (Lipinski definition) is 1. The number of piperidine rings is 1. The summed E-state index contributed by atoms with van der Waals surface area (Å²) in [7, 11) is -3.11. The molecule has 2 aliphatic rings.